The SMILES string of the molecule is NC(=NCC1(C2CC2)CC1)C1CC1. The highest BCUT2D eigenvalue weighted by molar-refractivity contribution is 5.84. The van der Waals surface area contributed by atoms with Crippen LogP contribution in [-0.4, -0.2) is 12.4 Å². The van der Waals surface area contributed by atoms with E-state index in [1.807, 2.05) is 0 Å². The van der Waals surface area contributed by atoms with E-state index in [4.69, 9.17) is 5.73 Å². The number of hydrogen-bond acceptors (Lipinski definition) is 1. The van der Waals surface area contributed by atoms with Crippen LogP contribution in [0, 0.1) is 17.3 Å². The van der Waals surface area contributed by atoms with Crippen LogP contribution in [0.2, 0.25) is 0 Å². The molecule has 3 aliphatic rings. The summed E-state index contributed by atoms with van der Waals surface area (Å²) in [6.07, 6.45) is 8.31. The Morgan fingerprint density at radius 2 is 1.92 bits per heavy atom. The molecule has 0 heterocycles. The van der Waals surface area contributed by atoms with Gasteiger partial charge >= 0.3 is 0 Å². The predicted octanol–water partition coefficient (Wildman–Crippen LogP) is 1.94. The average Bonchev–Trinajstić information content (AvgIpc) is 3.04. The van der Waals surface area contributed by atoms with Gasteiger partial charge in [0.25, 0.3) is 0 Å². The zero-order valence-corrected chi connectivity index (χ0v) is 8.13. The molecule has 0 spiro atoms. The number of nitrogens with zero attached hydrogens (tertiary/aromatic N) is 1. The highest BCUT2D eigenvalue weighted by atomic mass is 14.9. The van der Waals surface area contributed by atoms with Gasteiger partial charge in [0.15, 0.2) is 0 Å². The summed E-state index contributed by atoms with van der Waals surface area (Å²) in [5, 5.41) is 0. The first-order valence-corrected chi connectivity index (χ1v) is 5.60. The third-order valence-corrected chi connectivity index (χ3v) is 3.91. The molecule has 72 valence electrons. The molecule has 0 aliphatic heterocycles. The fourth-order valence-electron chi connectivity index (χ4n) is 2.31. The molecule has 3 aliphatic carbocycles. The van der Waals surface area contributed by atoms with E-state index in [2.05, 4.69) is 4.99 Å². The molecule has 0 radical (unpaired) electrons. The van der Waals surface area contributed by atoms with Gasteiger partial charge in [0.1, 0.15) is 0 Å². The Kier molecular flexibility index (Phi) is 1.50. The van der Waals surface area contributed by atoms with Crippen molar-refractivity contribution in [1.82, 2.24) is 0 Å². The predicted molar refractivity (Wildman–Crippen MR) is 53.6 cm³/mol. The van der Waals surface area contributed by atoms with Crippen molar-refractivity contribution in [3.63, 3.8) is 0 Å². The van der Waals surface area contributed by atoms with Gasteiger partial charge in [-0.25, -0.2) is 0 Å². The molecular formula is C11H18N2. The molecule has 0 amide bonds. The second-order valence-corrected chi connectivity index (χ2v) is 5.15. The van der Waals surface area contributed by atoms with E-state index in [-0.39, 0.29) is 0 Å². The summed E-state index contributed by atoms with van der Waals surface area (Å²) in [6, 6.07) is 0. The normalized spacial score (nSPS) is 31.8. The summed E-state index contributed by atoms with van der Waals surface area (Å²) in [4.78, 5) is 4.58. The summed E-state index contributed by atoms with van der Waals surface area (Å²) in [5.74, 6) is 2.63. The molecule has 2 heteroatoms. The van der Waals surface area contributed by atoms with Crippen LogP contribution in [0.15, 0.2) is 4.99 Å². The van der Waals surface area contributed by atoms with Crippen LogP contribution >= 0.6 is 0 Å². The molecule has 0 aromatic carbocycles. The van der Waals surface area contributed by atoms with E-state index in [0.29, 0.717) is 11.3 Å². The Hall–Kier alpha value is -0.530. The Morgan fingerprint density at radius 1 is 1.23 bits per heavy atom. The van der Waals surface area contributed by atoms with Crippen molar-refractivity contribution in [3.8, 4) is 0 Å². The van der Waals surface area contributed by atoms with Gasteiger partial charge < -0.3 is 5.73 Å². The molecule has 2 N–H and O–H groups in total. The summed E-state index contributed by atoms with van der Waals surface area (Å²) < 4.78 is 0. The van der Waals surface area contributed by atoms with Crippen LogP contribution in [0.1, 0.15) is 38.5 Å². The number of aliphatic imine (C=N–C) groups is 1. The minimum Gasteiger partial charge on any atom is -0.387 e. The molecule has 13 heavy (non-hydrogen) atoms. The van der Waals surface area contributed by atoms with Gasteiger partial charge in [0, 0.05) is 12.5 Å². The average molecular weight is 178 g/mol. The van der Waals surface area contributed by atoms with Gasteiger partial charge in [0.2, 0.25) is 0 Å². The smallest absolute Gasteiger partial charge is 0.0968 e. The van der Waals surface area contributed by atoms with Gasteiger partial charge in [-0.05, 0) is 49.9 Å². The first kappa shape index (κ1) is 7.84. The van der Waals surface area contributed by atoms with Crippen molar-refractivity contribution >= 4 is 5.84 Å². The minimum atomic E-state index is 0.638. The Bertz CT molecular complexity index is 245. The summed E-state index contributed by atoms with van der Waals surface area (Å²) in [5.41, 5.74) is 6.52. The van der Waals surface area contributed by atoms with Crippen molar-refractivity contribution in [3.05, 3.63) is 0 Å². The molecule has 0 unspecified atom stereocenters. The minimum absolute atomic E-state index is 0.638. The molecule has 0 aromatic heterocycles. The van der Waals surface area contributed by atoms with E-state index in [9.17, 15) is 0 Å². The van der Waals surface area contributed by atoms with Gasteiger partial charge in [-0.1, -0.05) is 0 Å². The second-order valence-electron chi connectivity index (χ2n) is 5.15. The van der Waals surface area contributed by atoms with Gasteiger partial charge in [0.05, 0.1) is 5.84 Å². The highest BCUT2D eigenvalue weighted by Gasteiger charge is 2.53. The molecule has 2 nitrogen and oxygen atoms in total. The molecule has 3 fully saturated rings. The maximum atomic E-state index is 5.88. The second kappa shape index (κ2) is 2.49. The first-order valence-electron chi connectivity index (χ1n) is 5.60. The highest BCUT2D eigenvalue weighted by Crippen LogP contribution is 2.61. The van der Waals surface area contributed by atoms with E-state index < -0.39 is 0 Å². The van der Waals surface area contributed by atoms with Crippen LogP contribution in [0.25, 0.3) is 0 Å². The van der Waals surface area contributed by atoms with Crippen LogP contribution in [0.3, 0.4) is 0 Å². The van der Waals surface area contributed by atoms with Gasteiger partial charge in [-0.15, -0.1) is 0 Å². The number of hydrogen-bond donors (Lipinski definition) is 1. The standard InChI is InChI=1S/C11H18N2/c12-10(8-1-2-8)13-7-11(5-6-11)9-3-4-9/h8-9H,1-7H2,(H2,12,13). The molecule has 0 bridgehead atoms. The van der Waals surface area contributed by atoms with Crippen LogP contribution in [0.5, 0.6) is 0 Å². The lowest BCUT2D eigenvalue weighted by molar-refractivity contribution is 0.453. The lowest BCUT2D eigenvalue weighted by Gasteiger charge is -2.10. The van der Waals surface area contributed by atoms with Crippen molar-refractivity contribution in [2.75, 3.05) is 6.54 Å². The maximum absolute atomic E-state index is 5.88. The fraction of sp³-hybridized carbons (Fsp3) is 0.909. The summed E-state index contributed by atoms with van der Waals surface area (Å²) in [6.45, 7) is 1.04. The number of rotatable bonds is 4. The number of amidine groups is 1. The van der Waals surface area contributed by atoms with E-state index in [0.717, 1.165) is 18.3 Å². The summed E-state index contributed by atoms with van der Waals surface area (Å²) in [7, 11) is 0. The van der Waals surface area contributed by atoms with E-state index in [1.54, 1.807) is 0 Å². The van der Waals surface area contributed by atoms with E-state index in [1.165, 1.54) is 38.5 Å². The Balaban J connectivity index is 1.59. The molecule has 3 saturated carbocycles. The van der Waals surface area contributed by atoms with Crippen LogP contribution in [-0.2, 0) is 0 Å². The zero-order valence-electron chi connectivity index (χ0n) is 8.13. The fourth-order valence-corrected chi connectivity index (χ4v) is 2.31. The topological polar surface area (TPSA) is 38.4 Å². The van der Waals surface area contributed by atoms with Crippen molar-refractivity contribution in [2.45, 2.75) is 38.5 Å². The molecule has 0 aromatic rings. The van der Waals surface area contributed by atoms with Crippen LogP contribution < -0.4 is 5.73 Å². The lowest BCUT2D eigenvalue weighted by atomic mass is 10.0. The molecular weight excluding hydrogens is 160 g/mol. The first-order chi connectivity index (χ1) is 6.30. The monoisotopic (exact) mass is 178 g/mol. The third kappa shape index (κ3) is 1.47. The Labute approximate surface area is 79.6 Å². The lowest BCUT2D eigenvalue weighted by Crippen LogP contribution is -2.18. The van der Waals surface area contributed by atoms with Crippen LogP contribution in [0.4, 0.5) is 0 Å². The quantitative estimate of drug-likeness (QED) is 0.518. The zero-order chi connectivity index (χ0) is 8.89. The number of nitrogens with two attached hydrogens (primary N) is 1. The largest absolute Gasteiger partial charge is 0.387 e. The van der Waals surface area contributed by atoms with Gasteiger partial charge in [-0.2, -0.15) is 0 Å². The van der Waals surface area contributed by atoms with Crippen molar-refractivity contribution in [1.29, 1.82) is 0 Å². The summed E-state index contributed by atoms with van der Waals surface area (Å²) >= 11 is 0. The van der Waals surface area contributed by atoms with Crippen molar-refractivity contribution < 1.29 is 0 Å². The Morgan fingerprint density at radius 3 is 2.38 bits per heavy atom. The van der Waals surface area contributed by atoms with Crippen molar-refractivity contribution in [2.24, 2.45) is 28.0 Å². The molecule has 0 saturated heterocycles. The van der Waals surface area contributed by atoms with Gasteiger partial charge in [-0.3, -0.25) is 4.99 Å². The van der Waals surface area contributed by atoms with E-state index >= 15 is 0 Å². The maximum Gasteiger partial charge on any atom is 0.0968 e. The third-order valence-electron chi connectivity index (χ3n) is 3.91. The molecule has 3 rings (SSSR count). The molecule has 0 atom stereocenters.